The first-order chi connectivity index (χ1) is 13.6. The number of rotatable bonds is 10. The van der Waals surface area contributed by atoms with Crippen LogP contribution in [0.1, 0.15) is 73.5 Å². The summed E-state index contributed by atoms with van der Waals surface area (Å²) in [6, 6.07) is 4.37. The number of carboxylic acids is 1. The molecular weight excluding hydrogens is 352 g/mol. The molecule has 0 fully saturated rings. The molecular formula is C22H30N4O2. The van der Waals surface area contributed by atoms with Crippen molar-refractivity contribution >= 4 is 11.8 Å². The molecule has 0 aromatic carbocycles. The summed E-state index contributed by atoms with van der Waals surface area (Å²) in [6.45, 7) is 2.82. The third kappa shape index (κ3) is 5.75. The molecule has 0 radical (unpaired) electrons. The molecule has 0 saturated carbocycles. The number of aromatic nitrogens is 3. The first-order valence-electron chi connectivity index (χ1n) is 10.4. The van der Waals surface area contributed by atoms with Gasteiger partial charge in [0.25, 0.3) is 0 Å². The molecule has 3 heterocycles. The number of nitrogens with one attached hydrogen (secondary N) is 1. The number of unbranched alkanes of at least 4 members (excludes halogenated alkanes) is 4. The summed E-state index contributed by atoms with van der Waals surface area (Å²) < 4.78 is 0. The lowest BCUT2D eigenvalue weighted by molar-refractivity contribution is -0.139. The minimum atomic E-state index is -0.792. The second kappa shape index (κ2) is 10.2. The van der Waals surface area contributed by atoms with Crippen molar-refractivity contribution in [2.45, 2.75) is 70.6 Å². The highest BCUT2D eigenvalue weighted by Gasteiger charge is 2.20. The van der Waals surface area contributed by atoms with E-state index in [0.29, 0.717) is 17.8 Å². The SMILES string of the molecule is Cc1ncc([C@@H](CCCCCCCc2ccc3c(n2)NCCC3)C(=O)O)cn1. The lowest BCUT2D eigenvalue weighted by Gasteiger charge is -2.17. The number of fused-ring (bicyclic) bond motifs is 1. The van der Waals surface area contributed by atoms with Gasteiger partial charge in [-0.3, -0.25) is 4.79 Å². The summed E-state index contributed by atoms with van der Waals surface area (Å²) in [5.74, 6) is 0.438. The maximum atomic E-state index is 11.5. The Morgan fingerprint density at radius 3 is 2.68 bits per heavy atom. The molecule has 0 saturated heterocycles. The van der Waals surface area contributed by atoms with Crippen LogP contribution in [0.5, 0.6) is 0 Å². The second-order valence-electron chi connectivity index (χ2n) is 7.60. The molecule has 6 nitrogen and oxygen atoms in total. The van der Waals surface area contributed by atoms with Crippen LogP contribution in [0.3, 0.4) is 0 Å². The van der Waals surface area contributed by atoms with Crippen molar-refractivity contribution in [2.24, 2.45) is 0 Å². The lowest BCUT2D eigenvalue weighted by Crippen LogP contribution is -2.14. The zero-order chi connectivity index (χ0) is 19.8. The predicted molar refractivity (Wildman–Crippen MR) is 110 cm³/mol. The Bertz CT molecular complexity index is 777. The topological polar surface area (TPSA) is 88.0 Å². The van der Waals surface area contributed by atoms with Crippen LogP contribution >= 0.6 is 0 Å². The number of carboxylic acid groups (broad SMARTS) is 1. The molecule has 150 valence electrons. The number of anilines is 1. The number of aryl methyl sites for hydroxylation is 3. The van der Waals surface area contributed by atoms with Gasteiger partial charge in [-0.1, -0.05) is 31.7 Å². The fourth-order valence-electron chi connectivity index (χ4n) is 3.71. The number of hydrogen-bond donors (Lipinski definition) is 2. The Labute approximate surface area is 166 Å². The summed E-state index contributed by atoms with van der Waals surface area (Å²) in [5.41, 5.74) is 3.20. The lowest BCUT2D eigenvalue weighted by atomic mass is 9.95. The Morgan fingerprint density at radius 2 is 1.89 bits per heavy atom. The van der Waals surface area contributed by atoms with Crippen molar-refractivity contribution in [1.29, 1.82) is 0 Å². The minimum absolute atomic E-state index is 0.507. The average Bonchev–Trinajstić information content (AvgIpc) is 2.70. The number of nitrogens with zero attached hydrogens (tertiary/aromatic N) is 3. The first-order valence-corrected chi connectivity index (χ1v) is 10.4. The molecule has 0 amide bonds. The minimum Gasteiger partial charge on any atom is -0.481 e. The van der Waals surface area contributed by atoms with E-state index in [9.17, 15) is 9.90 Å². The summed E-state index contributed by atoms with van der Waals surface area (Å²) in [4.78, 5) is 24.5. The quantitative estimate of drug-likeness (QED) is 0.596. The Kier molecular flexibility index (Phi) is 7.34. The van der Waals surface area contributed by atoms with Crippen LogP contribution in [-0.2, 0) is 17.6 Å². The molecule has 0 aliphatic carbocycles. The number of hydrogen-bond acceptors (Lipinski definition) is 5. The highest BCUT2D eigenvalue weighted by atomic mass is 16.4. The van der Waals surface area contributed by atoms with Crippen molar-refractivity contribution in [3.05, 3.63) is 47.2 Å². The molecule has 0 spiro atoms. The molecule has 0 bridgehead atoms. The van der Waals surface area contributed by atoms with Gasteiger partial charge in [-0.2, -0.15) is 0 Å². The van der Waals surface area contributed by atoms with Crippen LogP contribution in [0.15, 0.2) is 24.5 Å². The third-order valence-electron chi connectivity index (χ3n) is 5.38. The highest BCUT2D eigenvalue weighted by Crippen LogP contribution is 2.23. The van der Waals surface area contributed by atoms with Gasteiger partial charge in [-0.25, -0.2) is 15.0 Å². The normalized spacial score (nSPS) is 14.2. The Balaban J connectivity index is 1.34. The largest absolute Gasteiger partial charge is 0.481 e. The zero-order valence-corrected chi connectivity index (χ0v) is 16.7. The summed E-state index contributed by atoms with van der Waals surface area (Å²) in [7, 11) is 0. The van der Waals surface area contributed by atoms with Crippen molar-refractivity contribution in [2.75, 3.05) is 11.9 Å². The van der Waals surface area contributed by atoms with Gasteiger partial charge >= 0.3 is 5.97 Å². The fraction of sp³-hybridized carbons (Fsp3) is 0.545. The van der Waals surface area contributed by atoms with E-state index < -0.39 is 11.9 Å². The van der Waals surface area contributed by atoms with Crippen molar-refractivity contribution in [3.8, 4) is 0 Å². The van der Waals surface area contributed by atoms with Crippen molar-refractivity contribution < 1.29 is 9.90 Å². The monoisotopic (exact) mass is 382 g/mol. The Morgan fingerprint density at radius 1 is 1.14 bits per heavy atom. The van der Waals surface area contributed by atoms with Crippen molar-refractivity contribution in [3.63, 3.8) is 0 Å². The van der Waals surface area contributed by atoms with Gasteiger partial charge in [-0.05, 0) is 50.7 Å². The van der Waals surface area contributed by atoms with Crippen LogP contribution in [0, 0.1) is 6.92 Å². The first kappa shape index (κ1) is 20.2. The summed E-state index contributed by atoms with van der Waals surface area (Å²) >= 11 is 0. The van der Waals surface area contributed by atoms with Gasteiger partial charge in [0.15, 0.2) is 0 Å². The van der Waals surface area contributed by atoms with Gasteiger partial charge in [0.2, 0.25) is 0 Å². The number of carbonyl (C=O) groups is 1. The molecule has 2 N–H and O–H groups in total. The van der Waals surface area contributed by atoms with Gasteiger partial charge in [0.1, 0.15) is 11.6 Å². The number of aliphatic carboxylic acids is 1. The van der Waals surface area contributed by atoms with E-state index in [-0.39, 0.29) is 0 Å². The van der Waals surface area contributed by atoms with E-state index in [2.05, 4.69) is 27.4 Å². The van der Waals surface area contributed by atoms with Crippen LogP contribution < -0.4 is 5.32 Å². The standard InChI is InChI=1S/C22H30N4O2/c1-16-24-14-18(15-25-16)20(22(27)28)10-6-4-2-3-5-9-19-12-11-17-8-7-13-23-21(17)26-19/h11-12,14-15,20H,2-10,13H2,1H3,(H,23,26)(H,27,28)/t20-/m1/s1. The second-order valence-corrected chi connectivity index (χ2v) is 7.60. The van der Waals surface area contributed by atoms with E-state index >= 15 is 0 Å². The molecule has 28 heavy (non-hydrogen) atoms. The van der Waals surface area contributed by atoms with Crippen LogP contribution in [0.25, 0.3) is 0 Å². The Hall–Kier alpha value is -2.50. The van der Waals surface area contributed by atoms with E-state index in [1.54, 1.807) is 19.3 Å². The van der Waals surface area contributed by atoms with Gasteiger partial charge in [0.05, 0.1) is 5.92 Å². The predicted octanol–water partition coefficient (Wildman–Crippen LogP) is 4.29. The molecule has 3 rings (SSSR count). The van der Waals surface area contributed by atoms with E-state index in [4.69, 9.17) is 4.98 Å². The molecule has 6 heteroatoms. The van der Waals surface area contributed by atoms with Crippen LogP contribution in [0.2, 0.25) is 0 Å². The van der Waals surface area contributed by atoms with E-state index in [1.807, 2.05) is 0 Å². The van der Waals surface area contributed by atoms with E-state index in [0.717, 1.165) is 57.3 Å². The molecule has 1 atom stereocenters. The molecule has 0 unspecified atom stereocenters. The molecule has 1 aliphatic rings. The van der Waals surface area contributed by atoms with E-state index in [1.165, 1.54) is 17.7 Å². The third-order valence-corrected chi connectivity index (χ3v) is 5.38. The highest BCUT2D eigenvalue weighted by molar-refractivity contribution is 5.75. The maximum absolute atomic E-state index is 11.5. The van der Waals surface area contributed by atoms with Gasteiger partial charge in [-0.15, -0.1) is 0 Å². The van der Waals surface area contributed by atoms with Gasteiger partial charge in [0, 0.05) is 30.2 Å². The summed E-state index contributed by atoms with van der Waals surface area (Å²) in [5, 5.41) is 12.9. The average molecular weight is 383 g/mol. The smallest absolute Gasteiger partial charge is 0.311 e. The summed E-state index contributed by atoms with van der Waals surface area (Å²) in [6.07, 6.45) is 12.6. The van der Waals surface area contributed by atoms with Crippen LogP contribution in [0.4, 0.5) is 5.82 Å². The molecule has 2 aromatic heterocycles. The maximum Gasteiger partial charge on any atom is 0.311 e. The zero-order valence-electron chi connectivity index (χ0n) is 16.7. The molecule has 1 aliphatic heterocycles. The van der Waals surface area contributed by atoms with Gasteiger partial charge < -0.3 is 10.4 Å². The molecule has 2 aromatic rings. The fourth-order valence-corrected chi connectivity index (χ4v) is 3.71. The van der Waals surface area contributed by atoms with Crippen molar-refractivity contribution in [1.82, 2.24) is 15.0 Å². The van der Waals surface area contributed by atoms with Crippen LogP contribution in [-0.4, -0.2) is 32.6 Å². The number of pyridine rings is 1.